The van der Waals surface area contributed by atoms with E-state index >= 15 is 0 Å². The minimum Gasteiger partial charge on any atom is -0.385 e. The number of anilines is 2. The standard InChI is InChI=1S/C23H32ClN5O2/c1-3-16(9-11-31-2)13-26-21-8-4-7-20(28-21)18-12-22(27-15-19(18)24)29-23(30)17-6-5-10-25-14-17/h4,7-8,12,15-17,25H,3,5-6,9-11,13-14H2,1-2H3,(H,26,28)(H,27,29,30). The normalized spacial score (nSPS) is 17.2. The van der Waals surface area contributed by atoms with Gasteiger partial charge >= 0.3 is 0 Å². The summed E-state index contributed by atoms with van der Waals surface area (Å²) in [4.78, 5) is 21.6. The number of aromatic nitrogens is 2. The van der Waals surface area contributed by atoms with Gasteiger partial charge in [-0.2, -0.15) is 0 Å². The van der Waals surface area contributed by atoms with E-state index in [0.717, 1.165) is 62.5 Å². The predicted molar refractivity (Wildman–Crippen MR) is 125 cm³/mol. The molecule has 168 valence electrons. The Bertz CT molecular complexity index is 858. The fourth-order valence-corrected chi connectivity index (χ4v) is 3.87. The highest BCUT2D eigenvalue weighted by Crippen LogP contribution is 2.29. The van der Waals surface area contributed by atoms with E-state index in [1.807, 2.05) is 18.2 Å². The second-order valence-corrected chi connectivity index (χ2v) is 8.33. The van der Waals surface area contributed by atoms with Crippen LogP contribution in [-0.2, 0) is 9.53 Å². The number of hydrogen-bond acceptors (Lipinski definition) is 6. The van der Waals surface area contributed by atoms with Crippen molar-refractivity contribution >= 4 is 29.1 Å². The molecule has 1 amide bonds. The zero-order valence-corrected chi connectivity index (χ0v) is 19.0. The number of methoxy groups -OCH3 is 1. The van der Waals surface area contributed by atoms with Gasteiger partial charge in [0.05, 0.1) is 16.6 Å². The molecule has 1 fully saturated rings. The smallest absolute Gasteiger partial charge is 0.229 e. The van der Waals surface area contributed by atoms with E-state index in [2.05, 4.69) is 27.9 Å². The maximum absolute atomic E-state index is 12.5. The van der Waals surface area contributed by atoms with Crippen LogP contribution in [0.2, 0.25) is 5.02 Å². The maximum atomic E-state index is 12.5. The van der Waals surface area contributed by atoms with Crippen molar-refractivity contribution in [2.24, 2.45) is 11.8 Å². The number of ether oxygens (including phenoxy) is 1. The van der Waals surface area contributed by atoms with E-state index < -0.39 is 0 Å². The van der Waals surface area contributed by atoms with Gasteiger partial charge in [0.15, 0.2) is 0 Å². The third-order valence-corrected chi connectivity index (χ3v) is 5.98. The molecule has 3 rings (SSSR count). The summed E-state index contributed by atoms with van der Waals surface area (Å²) in [6.07, 6.45) is 5.54. The third kappa shape index (κ3) is 6.89. The number of carbonyl (C=O) groups excluding carboxylic acids is 1. The molecular formula is C23H32ClN5O2. The molecule has 1 aliphatic heterocycles. The Morgan fingerprint density at radius 2 is 2.26 bits per heavy atom. The summed E-state index contributed by atoms with van der Waals surface area (Å²) < 4.78 is 5.20. The van der Waals surface area contributed by atoms with Crippen LogP contribution >= 0.6 is 11.6 Å². The summed E-state index contributed by atoms with van der Waals surface area (Å²) in [7, 11) is 1.73. The van der Waals surface area contributed by atoms with Gasteiger partial charge < -0.3 is 20.7 Å². The molecule has 7 nitrogen and oxygen atoms in total. The molecule has 0 bridgehead atoms. The molecule has 2 unspecified atom stereocenters. The third-order valence-electron chi connectivity index (χ3n) is 5.68. The van der Waals surface area contributed by atoms with E-state index in [4.69, 9.17) is 21.3 Å². The molecule has 1 saturated heterocycles. The first-order valence-electron chi connectivity index (χ1n) is 11.0. The Kier molecular flexibility index (Phi) is 9.06. The first-order valence-corrected chi connectivity index (χ1v) is 11.4. The number of halogens is 1. The van der Waals surface area contributed by atoms with Crippen molar-refractivity contribution in [2.75, 3.05) is 44.0 Å². The topological polar surface area (TPSA) is 88.2 Å². The number of nitrogens with zero attached hydrogens (tertiary/aromatic N) is 2. The molecule has 3 heterocycles. The fraction of sp³-hybridized carbons (Fsp3) is 0.522. The van der Waals surface area contributed by atoms with Gasteiger partial charge in [0.1, 0.15) is 11.6 Å². The Balaban J connectivity index is 1.69. The number of hydrogen-bond donors (Lipinski definition) is 3. The summed E-state index contributed by atoms with van der Waals surface area (Å²) >= 11 is 6.42. The van der Waals surface area contributed by atoms with Gasteiger partial charge in [-0.1, -0.05) is 31.0 Å². The highest BCUT2D eigenvalue weighted by atomic mass is 35.5. The van der Waals surface area contributed by atoms with E-state index in [-0.39, 0.29) is 11.8 Å². The van der Waals surface area contributed by atoms with Crippen LogP contribution in [0.3, 0.4) is 0 Å². The van der Waals surface area contributed by atoms with Crippen LogP contribution in [0.1, 0.15) is 32.6 Å². The highest BCUT2D eigenvalue weighted by Gasteiger charge is 2.21. The van der Waals surface area contributed by atoms with Gasteiger partial charge in [0.25, 0.3) is 0 Å². The molecule has 31 heavy (non-hydrogen) atoms. The average molecular weight is 446 g/mol. The number of pyridine rings is 2. The van der Waals surface area contributed by atoms with Crippen LogP contribution in [0, 0.1) is 11.8 Å². The van der Waals surface area contributed by atoms with Crippen molar-refractivity contribution in [3.05, 3.63) is 35.5 Å². The van der Waals surface area contributed by atoms with Crippen molar-refractivity contribution in [2.45, 2.75) is 32.6 Å². The van der Waals surface area contributed by atoms with Gasteiger partial charge in [0.2, 0.25) is 5.91 Å². The minimum atomic E-state index is -0.0371. The molecule has 2 atom stereocenters. The Hall–Kier alpha value is -2.22. The number of nitrogens with one attached hydrogen (secondary N) is 3. The Morgan fingerprint density at radius 1 is 1.39 bits per heavy atom. The van der Waals surface area contributed by atoms with Gasteiger partial charge in [-0.15, -0.1) is 0 Å². The number of carbonyl (C=O) groups is 1. The Morgan fingerprint density at radius 3 is 3.00 bits per heavy atom. The van der Waals surface area contributed by atoms with Crippen molar-refractivity contribution in [3.63, 3.8) is 0 Å². The monoisotopic (exact) mass is 445 g/mol. The van der Waals surface area contributed by atoms with Crippen molar-refractivity contribution in [1.82, 2.24) is 15.3 Å². The summed E-state index contributed by atoms with van der Waals surface area (Å²) in [5.41, 5.74) is 1.47. The summed E-state index contributed by atoms with van der Waals surface area (Å²) in [5, 5.41) is 10.1. The van der Waals surface area contributed by atoms with Crippen LogP contribution in [0.15, 0.2) is 30.5 Å². The Labute approximate surface area is 189 Å². The average Bonchev–Trinajstić information content (AvgIpc) is 2.81. The van der Waals surface area contributed by atoms with Crippen molar-refractivity contribution in [1.29, 1.82) is 0 Å². The van der Waals surface area contributed by atoms with E-state index in [0.29, 0.717) is 23.3 Å². The summed E-state index contributed by atoms with van der Waals surface area (Å²) in [5.74, 6) is 1.75. The molecule has 0 spiro atoms. The quantitative estimate of drug-likeness (QED) is 0.507. The lowest BCUT2D eigenvalue weighted by atomic mass is 9.99. The van der Waals surface area contributed by atoms with Crippen LogP contribution in [0.4, 0.5) is 11.6 Å². The highest BCUT2D eigenvalue weighted by molar-refractivity contribution is 6.33. The molecular weight excluding hydrogens is 414 g/mol. The van der Waals surface area contributed by atoms with Gasteiger partial charge in [-0.3, -0.25) is 4.79 Å². The first kappa shape index (κ1) is 23.4. The van der Waals surface area contributed by atoms with Crippen molar-refractivity contribution < 1.29 is 9.53 Å². The molecule has 2 aromatic rings. The lowest BCUT2D eigenvalue weighted by Gasteiger charge is -2.21. The minimum absolute atomic E-state index is 0.0157. The summed E-state index contributed by atoms with van der Waals surface area (Å²) in [6, 6.07) is 7.59. The molecule has 8 heteroatoms. The van der Waals surface area contributed by atoms with Crippen LogP contribution in [-0.4, -0.2) is 49.2 Å². The largest absolute Gasteiger partial charge is 0.385 e. The van der Waals surface area contributed by atoms with Gasteiger partial charge in [0, 0.05) is 38.6 Å². The molecule has 1 aliphatic rings. The summed E-state index contributed by atoms with van der Waals surface area (Å²) in [6.45, 7) is 5.43. The lowest BCUT2D eigenvalue weighted by Crippen LogP contribution is -2.37. The van der Waals surface area contributed by atoms with Gasteiger partial charge in [-0.25, -0.2) is 9.97 Å². The molecule has 0 radical (unpaired) electrons. The number of rotatable bonds is 10. The van der Waals surface area contributed by atoms with Crippen LogP contribution in [0.5, 0.6) is 0 Å². The van der Waals surface area contributed by atoms with E-state index in [1.54, 1.807) is 19.4 Å². The van der Waals surface area contributed by atoms with Gasteiger partial charge in [-0.05, 0) is 49.9 Å². The SMILES string of the molecule is CCC(CCOC)CNc1cccc(-c2cc(NC(=O)C3CCCNC3)ncc2Cl)n1. The second kappa shape index (κ2) is 12.0. The predicted octanol–water partition coefficient (Wildman–Crippen LogP) is 4.21. The maximum Gasteiger partial charge on any atom is 0.229 e. The molecule has 0 aliphatic carbocycles. The lowest BCUT2D eigenvalue weighted by molar-refractivity contribution is -0.120. The van der Waals surface area contributed by atoms with Crippen LogP contribution in [0.25, 0.3) is 11.3 Å². The second-order valence-electron chi connectivity index (χ2n) is 7.93. The van der Waals surface area contributed by atoms with Crippen molar-refractivity contribution in [3.8, 4) is 11.3 Å². The fourth-order valence-electron chi connectivity index (χ4n) is 3.67. The number of amides is 1. The number of piperidine rings is 1. The van der Waals surface area contributed by atoms with E-state index in [9.17, 15) is 4.79 Å². The van der Waals surface area contributed by atoms with Crippen LogP contribution < -0.4 is 16.0 Å². The zero-order valence-electron chi connectivity index (χ0n) is 18.3. The molecule has 3 N–H and O–H groups in total. The zero-order chi connectivity index (χ0) is 22.1. The first-order chi connectivity index (χ1) is 15.1. The van der Waals surface area contributed by atoms with E-state index in [1.165, 1.54) is 0 Å². The molecule has 0 aromatic carbocycles. The molecule has 0 saturated carbocycles. The molecule has 2 aromatic heterocycles.